The molecule has 2 fully saturated rings. The fourth-order valence-electron chi connectivity index (χ4n) is 4.34. The highest BCUT2D eigenvalue weighted by atomic mass is 19.1. The summed E-state index contributed by atoms with van der Waals surface area (Å²) in [4.78, 5) is 43.2. The number of amides is 4. The van der Waals surface area contributed by atoms with Crippen LogP contribution in [0.3, 0.4) is 0 Å². The Balaban J connectivity index is 1.23. The Morgan fingerprint density at radius 1 is 1.03 bits per heavy atom. The van der Waals surface area contributed by atoms with E-state index in [0.29, 0.717) is 44.7 Å². The van der Waals surface area contributed by atoms with E-state index in [1.807, 2.05) is 40.1 Å². The number of halogens is 1. The van der Waals surface area contributed by atoms with Gasteiger partial charge in [0.1, 0.15) is 11.4 Å². The number of imide groups is 1. The number of hydrogen-bond donors (Lipinski definition) is 2. The van der Waals surface area contributed by atoms with E-state index in [4.69, 9.17) is 0 Å². The van der Waals surface area contributed by atoms with Crippen molar-refractivity contribution in [2.75, 3.05) is 44.7 Å². The number of urea groups is 1. The number of carbonyl (C=O) groups excluding carboxylic acids is 3. The van der Waals surface area contributed by atoms with Crippen LogP contribution in [0.25, 0.3) is 0 Å². The van der Waals surface area contributed by atoms with Crippen molar-refractivity contribution in [3.8, 4) is 0 Å². The number of benzene rings is 2. The minimum absolute atomic E-state index is 0.199. The van der Waals surface area contributed by atoms with Crippen LogP contribution >= 0.6 is 0 Å². The highest BCUT2D eigenvalue weighted by molar-refractivity contribution is 6.06. The first-order chi connectivity index (χ1) is 16.3. The maximum atomic E-state index is 13.3. The Kier molecular flexibility index (Phi) is 7.23. The molecule has 0 aliphatic carbocycles. The summed E-state index contributed by atoms with van der Waals surface area (Å²) in [6, 6.07) is 15.3. The van der Waals surface area contributed by atoms with Crippen LogP contribution in [-0.2, 0) is 16.0 Å². The molecule has 4 amide bonds. The summed E-state index contributed by atoms with van der Waals surface area (Å²) in [5.74, 6) is -0.810. The molecule has 9 heteroatoms. The lowest BCUT2D eigenvalue weighted by Gasteiger charge is -2.35. The molecule has 2 saturated heterocycles. The third kappa shape index (κ3) is 5.78. The summed E-state index contributed by atoms with van der Waals surface area (Å²) in [6.07, 6.45) is 1.24. The second-order valence-corrected chi connectivity index (χ2v) is 9.08. The predicted octanol–water partition coefficient (Wildman–Crippen LogP) is 2.28. The van der Waals surface area contributed by atoms with Gasteiger partial charge >= 0.3 is 6.03 Å². The number of anilines is 1. The van der Waals surface area contributed by atoms with Gasteiger partial charge in [0.15, 0.2) is 0 Å². The monoisotopic (exact) mass is 467 g/mol. The molecule has 4 rings (SSSR count). The highest BCUT2D eigenvalue weighted by Gasteiger charge is 2.47. The summed E-state index contributed by atoms with van der Waals surface area (Å²) in [5.41, 5.74) is 0.642. The molecule has 2 N–H and O–H groups in total. The molecule has 2 aliphatic heterocycles. The van der Waals surface area contributed by atoms with Crippen LogP contribution in [-0.4, -0.2) is 77.5 Å². The van der Waals surface area contributed by atoms with E-state index in [9.17, 15) is 18.8 Å². The minimum Gasteiger partial charge on any atom is -0.325 e. The molecule has 0 spiro atoms. The zero-order chi connectivity index (χ0) is 24.1. The van der Waals surface area contributed by atoms with Crippen LogP contribution < -0.4 is 10.6 Å². The van der Waals surface area contributed by atoms with Crippen LogP contribution in [0.4, 0.5) is 14.9 Å². The Hall–Kier alpha value is -3.30. The van der Waals surface area contributed by atoms with Gasteiger partial charge in [0, 0.05) is 31.9 Å². The zero-order valence-electron chi connectivity index (χ0n) is 19.3. The van der Waals surface area contributed by atoms with E-state index in [1.165, 1.54) is 17.0 Å². The van der Waals surface area contributed by atoms with Crippen molar-refractivity contribution in [2.24, 2.45) is 0 Å². The van der Waals surface area contributed by atoms with Crippen molar-refractivity contribution in [2.45, 2.75) is 25.3 Å². The standard InChI is InChI=1S/C25H30FN5O3/c1-25(11-10-19-6-3-2-4-7-19)23(33)31(24(34)28-25)18-30-14-12-29(13-15-30)17-22(32)27-21-9-5-8-20(26)16-21/h2-9,16H,10-15,17-18H2,1H3,(H,27,32)(H,28,34)/t25-/m1/s1. The average molecular weight is 468 g/mol. The summed E-state index contributed by atoms with van der Waals surface area (Å²) < 4.78 is 13.3. The van der Waals surface area contributed by atoms with Gasteiger partial charge < -0.3 is 10.6 Å². The number of nitrogens with one attached hydrogen (secondary N) is 2. The molecule has 34 heavy (non-hydrogen) atoms. The van der Waals surface area contributed by atoms with E-state index >= 15 is 0 Å². The van der Waals surface area contributed by atoms with Crippen molar-refractivity contribution in [3.63, 3.8) is 0 Å². The zero-order valence-corrected chi connectivity index (χ0v) is 19.3. The lowest BCUT2D eigenvalue weighted by atomic mass is 9.93. The van der Waals surface area contributed by atoms with Gasteiger partial charge in [-0.25, -0.2) is 14.1 Å². The van der Waals surface area contributed by atoms with Gasteiger partial charge in [0.25, 0.3) is 5.91 Å². The second-order valence-electron chi connectivity index (χ2n) is 9.08. The summed E-state index contributed by atoms with van der Waals surface area (Å²) in [5, 5.41) is 5.58. The maximum absolute atomic E-state index is 13.3. The van der Waals surface area contributed by atoms with E-state index < -0.39 is 11.4 Å². The first-order valence-corrected chi connectivity index (χ1v) is 11.5. The summed E-state index contributed by atoms with van der Waals surface area (Å²) in [7, 11) is 0. The van der Waals surface area contributed by atoms with Gasteiger partial charge in [-0.1, -0.05) is 36.4 Å². The molecule has 0 radical (unpaired) electrons. The van der Waals surface area contributed by atoms with E-state index in [2.05, 4.69) is 10.6 Å². The molecule has 8 nitrogen and oxygen atoms in total. The molecule has 0 bridgehead atoms. The Morgan fingerprint density at radius 3 is 2.44 bits per heavy atom. The molecule has 2 aromatic rings. The van der Waals surface area contributed by atoms with Gasteiger partial charge in [0.05, 0.1) is 13.2 Å². The first kappa shape index (κ1) is 23.8. The van der Waals surface area contributed by atoms with E-state index in [1.54, 1.807) is 19.1 Å². The van der Waals surface area contributed by atoms with Crippen molar-refractivity contribution < 1.29 is 18.8 Å². The fourth-order valence-corrected chi connectivity index (χ4v) is 4.34. The van der Waals surface area contributed by atoms with Crippen molar-refractivity contribution in [3.05, 3.63) is 66.0 Å². The van der Waals surface area contributed by atoms with Crippen molar-refractivity contribution >= 4 is 23.5 Å². The molecule has 0 saturated carbocycles. The topological polar surface area (TPSA) is 85.0 Å². The van der Waals surface area contributed by atoms with Crippen molar-refractivity contribution in [1.82, 2.24) is 20.0 Å². The maximum Gasteiger partial charge on any atom is 0.326 e. The molecule has 2 aliphatic rings. The van der Waals surface area contributed by atoms with Crippen LogP contribution in [0, 0.1) is 5.82 Å². The lowest BCUT2D eigenvalue weighted by Crippen LogP contribution is -2.52. The van der Waals surface area contributed by atoms with Crippen LogP contribution in [0.2, 0.25) is 0 Å². The second kappa shape index (κ2) is 10.3. The number of nitrogens with zero attached hydrogens (tertiary/aromatic N) is 3. The Morgan fingerprint density at radius 2 is 1.74 bits per heavy atom. The molecule has 0 aromatic heterocycles. The van der Waals surface area contributed by atoms with E-state index in [0.717, 1.165) is 5.56 Å². The minimum atomic E-state index is -0.913. The van der Waals surface area contributed by atoms with Gasteiger partial charge in [0.2, 0.25) is 5.91 Å². The third-order valence-corrected chi connectivity index (χ3v) is 6.38. The number of piperazine rings is 1. The lowest BCUT2D eigenvalue weighted by molar-refractivity contribution is -0.132. The van der Waals surface area contributed by atoms with Crippen LogP contribution in [0.1, 0.15) is 18.9 Å². The van der Waals surface area contributed by atoms with Crippen LogP contribution in [0.15, 0.2) is 54.6 Å². The van der Waals surface area contributed by atoms with Gasteiger partial charge in [-0.15, -0.1) is 0 Å². The number of rotatable bonds is 8. The third-order valence-electron chi connectivity index (χ3n) is 6.38. The van der Waals surface area contributed by atoms with Gasteiger partial charge in [-0.05, 0) is 43.5 Å². The molecule has 2 heterocycles. The highest BCUT2D eigenvalue weighted by Crippen LogP contribution is 2.24. The van der Waals surface area contributed by atoms with Crippen molar-refractivity contribution in [1.29, 1.82) is 0 Å². The Bertz CT molecular complexity index is 1040. The summed E-state index contributed by atoms with van der Waals surface area (Å²) in [6.45, 7) is 4.73. The number of carbonyl (C=O) groups is 3. The van der Waals surface area contributed by atoms with Gasteiger partial charge in [-0.2, -0.15) is 0 Å². The smallest absolute Gasteiger partial charge is 0.325 e. The van der Waals surface area contributed by atoms with E-state index in [-0.39, 0.29) is 31.1 Å². The molecule has 1 atom stereocenters. The fraction of sp³-hybridized carbons (Fsp3) is 0.400. The molecular formula is C25H30FN5O3. The quantitative estimate of drug-likeness (QED) is 0.582. The summed E-state index contributed by atoms with van der Waals surface area (Å²) >= 11 is 0. The predicted molar refractivity (Wildman–Crippen MR) is 126 cm³/mol. The molecule has 2 aromatic carbocycles. The normalized spacial score (nSPS) is 21.5. The largest absolute Gasteiger partial charge is 0.326 e. The molecular weight excluding hydrogens is 437 g/mol. The number of aryl methyl sites for hydroxylation is 1. The SMILES string of the molecule is C[C@]1(CCc2ccccc2)NC(=O)N(CN2CCN(CC(=O)Nc3cccc(F)c3)CC2)C1=O. The number of hydrogen-bond acceptors (Lipinski definition) is 5. The average Bonchev–Trinajstić information content (AvgIpc) is 3.03. The molecule has 0 unspecified atom stereocenters. The Labute approximate surface area is 198 Å². The molecule has 180 valence electrons. The first-order valence-electron chi connectivity index (χ1n) is 11.5. The van der Waals surface area contributed by atoms with Crippen LogP contribution in [0.5, 0.6) is 0 Å². The van der Waals surface area contributed by atoms with Gasteiger partial charge in [-0.3, -0.25) is 19.4 Å².